The van der Waals surface area contributed by atoms with E-state index in [2.05, 4.69) is 4.72 Å². The summed E-state index contributed by atoms with van der Waals surface area (Å²) in [5.41, 5.74) is -0.0778. The van der Waals surface area contributed by atoms with Crippen LogP contribution in [0.25, 0.3) is 0 Å². The van der Waals surface area contributed by atoms with Crippen molar-refractivity contribution >= 4 is 17.6 Å². The molecule has 1 N–H and O–H groups in total. The number of nitrogens with zero attached hydrogens (tertiary/aromatic N) is 1. The van der Waals surface area contributed by atoms with Crippen LogP contribution in [0.3, 0.4) is 0 Å². The first-order valence-corrected chi connectivity index (χ1v) is 10.7. The number of aryl methyl sites for hydroxylation is 1. The Bertz CT molecular complexity index is 702. The summed E-state index contributed by atoms with van der Waals surface area (Å²) >= 11 is 0. The Morgan fingerprint density at radius 3 is 2.21 bits per heavy atom. The lowest BCUT2D eigenvalue weighted by molar-refractivity contribution is 0.215. The molecule has 0 spiro atoms. The molecule has 1 aromatic rings. The minimum absolute atomic E-state index is 0.0267. The van der Waals surface area contributed by atoms with E-state index in [4.69, 9.17) is 9.05 Å². The maximum atomic E-state index is 12.6. The van der Waals surface area contributed by atoms with Crippen molar-refractivity contribution in [1.82, 2.24) is 4.72 Å². The van der Waals surface area contributed by atoms with Crippen LogP contribution < -0.4 is 4.72 Å². The van der Waals surface area contributed by atoms with Crippen LogP contribution in [-0.2, 0) is 23.6 Å². The summed E-state index contributed by atoms with van der Waals surface area (Å²) in [5.74, 6) is 0. The molecular formula is C15H23N2O5PS. The smallest absolute Gasteiger partial charge is 0.308 e. The van der Waals surface area contributed by atoms with E-state index in [1.54, 1.807) is 26.0 Å². The first-order chi connectivity index (χ1) is 11.3. The number of sulfonamides is 1. The van der Waals surface area contributed by atoms with Crippen LogP contribution in [-0.4, -0.2) is 33.8 Å². The summed E-state index contributed by atoms with van der Waals surface area (Å²) in [6.45, 7) is 5.41. The van der Waals surface area contributed by atoms with Crippen LogP contribution in [0.15, 0.2) is 29.2 Å². The maximum Gasteiger partial charge on any atom is 0.347 e. The van der Waals surface area contributed by atoms with Gasteiger partial charge in [-0.1, -0.05) is 17.7 Å². The van der Waals surface area contributed by atoms with Crippen molar-refractivity contribution in [3.63, 3.8) is 0 Å². The number of hydrogen-bond acceptors (Lipinski definition) is 6. The van der Waals surface area contributed by atoms with Crippen molar-refractivity contribution in [2.75, 3.05) is 19.8 Å². The highest BCUT2D eigenvalue weighted by Crippen LogP contribution is 2.53. The van der Waals surface area contributed by atoms with Crippen LogP contribution in [0.1, 0.15) is 25.8 Å². The van der Waals surface area contributed by atoms with Gasteiger partial charge in [-0.3, -0.25) is 4.57 Å². The van der Waals surface area contributed by atoms with Gasteiger partial charge < -0.3 is 9.05 Å². The minimum atomic E-state index is -3.68. The molecule has 134 valence electrons. The van der Waals surface area contributed by atoms with E-state index in [9.17, 15) is 18.2 Å². The lowest BCUT2D eigenvalue weighted by Gasteiger charge is -2.21. The molecule has 0 heterocycles. The van der Waals surface area contributed by atoms with E-state index in [0.29, 0.717) is 0 Å². The second kappa shape index (κ2) is 9.30. The van der Waals surface area contributed by atoms with Crippen LogP contribution in [0.2, 0.25) is 0 Å². The van der Waals surface area contributed by atoms with Gasteiger partial charge in [0.05, 0.1) is 24.2 Å². The van der Waals surface area contributed by atoms with Crippen LogP contribution in [0.4, 0.5) is 0 Å². The summed E-state index contributed by atoms with van der Waals surface area (Å²) in [4.78, 5) is 0.138. The number of nitrogens with one attached hydrogen (secondary N) is 1. The highest BCUT2D eigenvalue weighted by Gasteiger charge is 2.35. The standard InChI is InChI=1S/C15H23N2O5PS/c1-4-21-23(18,22-5-2)14(12-16)10-11-17-24(19,20)15-8-6-13(3)7-9-15/h6-9,14,17H,4-5,10-11H2,1-3H3. The fourth-order valence-corrected chi connectivity index (χ4v) is 4.79. The quantitative estimate of drug-likeness (QED) is 0.631. The van der Waals surface area contributed by atoms with Crippen molar-refractivity contribution in [3.05, 3.63) is 29.8 Å². The van der Waals surface area contributed by atoms with Gasteiger partial charge in [0.1, 0.15) is 5.66 Å². The Kier molecular flexibility index (Phi) is 8.07. The first kappa shape index (κ1) is 20.8. The highest BCUT2D eigenvalue weighted by molar-refractivity contribution is 7.89. The fourth-order valence-electron chi connectivity index (χ4n) is 2.00. The topological polar surface area (TPSA) is 105 Å². The second-order valence-electron chi connectivity index (χ2n) is 5.02. The van der Waals surface area contributed by atoms with Crippen LogP contribution in [0.5, 0.6) is 0 Å². The van der Waals surface area contributed by atoms with E-state index in [1.165, 1.54) is 12.1 Å². The molecule has 0 aliphatic rings. The zero-order valence-corrected chi connectivity index (χ0v) is 15.8. The van der Waals surface area contributed by atoms with Gasteiger partial charge in [0.2, 0.25) is 10.0 Å². The van der Waals surface area contributed by atoms with Crippen LogP contribution in [0, 0.1) is 18.3 Å². The highest BCUT2D eigenvalue weighted by atomic mass is 32.2. The van der Waals surface area contributed by atoms with Gasteiger partial charge in [-0.05, 0) is 39.3 Å². The Labute approximate surface area is 143 Å². The molecule has 0 bridgehead atoms. The molecule has 0 saturated carbocycles. The van der Waals surface area contributed by atoms with Gasteiger partial charge >= 0.3 is 7.60 Å². The SMILES string of the molecule is CCOP(=O)(OCC)C(C#N)CCNS(=O)(=O)c1ccc(C)cc1. The monoisotopic (exact) mass is 374 g/mol. The number of hydrogen-bond donors (Lipinski definition) is 1. The third kappa shape index (κ3) is 5.69. The van der Waals surface area contributed by atoms with Gasteiger partial charge in [-0.2, -0.15) is 5.26 Å². The largest absolute Gasteiger partial charge is 0.347 e. The van der Waals surface area contributed by atoms with Crippen molar-refractivity contribution in [2.45, 2.75) is 37.7 Å². The van der Waals surface area contributed by atoms with E-state index in [1.807, 2.05) is 13.0 Å². The second-order valence-corrected chi connectivity index (χ2v) is 9.01. The molecule has 0 amide bonds. The Morgan fingerprint density at radius 2 is 1.75 bits per heavy atom. The zero-order valence-electron chi connectivity index (χ0n) is 14.1. The zero-order chi connectivity index (χ0) is 18.2. The molecule has 0 aliphatic heterocycles. The lowest BCUT2D eigenvalue weighted by Crippen LogP contribution is -2.27. The molecular weight excluding hydrogens is 351 g/mol. The number of benzene rings is 1. The summed E-state index contributed by atoms with van der Waals surface area (Å²) in [6.07, 6.45) is 0.0267. The molecule has 0 saturated heterocycles. The Morgan fingerprint density at radius 1 is 1.21 bits per heavy atom. The summed E-state index contributed by atoms with van der Waals surface area (Å²) in [5, 5.41) is 9.23. The molecule has 0 aliphatic carbocycles. The van der Waals surface area contributed by atoms with Gasteiger partial charge in [0.15, 0.2) is 0 Å². The Hall–Kier alpha value is -1.23. The summed E-state index contributed by atoms with van der Waals surface area (Å²) in [7, 11) is -7.27. The van der Waals surface area contributed by atoms with Gasteiger partial charge in [0, 0.05) is 6.54 Å². The van der Waals surface area contributed by atoms with E-state index in [-0.39, 0.29) is 31.1 Å². The van der Waals surface area contributed by atoms with Crippen molar-refractivity contribution < 1.29 is 22.0 Å². The summed E-state index contributed by atoms with van der Waals surface area (Å²) < 4.78 is 49.6. The van der Waals surface area contributed by atoms with E-state index < -0.39 is 23.3 Å². The van der Waals surface area contributed by atoms with E-state index in [0.717, 1.165) is 5.56 Å². The molecule has 7 nitrogen and oxygen atoms in total. The Balaban J connectivity index is 2.74. The summed E-state index contributed by atoms with van der Waals surface area (Å²) in [6, 6.07) is 8.31. The van der Waals surface area contributed by atoms with Crippen LogP contribution >= 0.6 is 7.60 Å². The first-order valence-electron chi connectivity index (χ1n) is 7.63. The van der Waals surface area contributed by atoms with Gasteiger partial charge in [0.25, 0.3) is 0 Å². The average molecular weight is 374 g/mol. The molecule has 1 aromatic carbocycles. The molecule has 1 unspecified atom stereocenters. The number of nitriles is 1. The maximum absolute atomic E-state index is 12.6. The normalized spacial score (nSPS) is 13.4. The number of rotatable bonds is 10. The minimum Gasteiger partial charge on any atom is -0.308 e. The fraction of sp³-hybridized carbons (Fsp3) is 0.533. The predicted molar refractivity (Wildman–Crippen MR) is 91.2 cm³/mol. The van der Waals surface area contributed by atoms with Gasteiger partial charge in [-0.25, -0.2) is 13.1 Å². The molecule has 0 radical (unpaired) electrons. The molecule has 1 rings (SSSR count). The van der Waals surface area contributed by atoms with E-state index >= 15 is 0 Å². The van der Waals surface area contributed by atoms with Crippen molar-refractivity contribution in [1.29, 1.82) is 5.26 Å². The van der Waals surface area contributed by atoms with Gasteiger partial charge in [-0.15, -0.1) is 0 Å². The molecule has 0 fully saturated rings. The molecule has 1 atom stereocenters. The average Bonchev–Trinajstić information content (AvgIpc) is 2.52. The molecule has 24 heavy (non-hydrogen) atoms. The third-order valence-corrected chi connectivity index (χ3v) is 7.04. The van der Waals surface area contributed by atoms with Crippen molar-refractivity contribution in [3.8, 4) is 6.07 Å². The molecule has 0 aromatic heterocycles. The third-order valence-electron chi connectivity index (χ3n) is 3.19. The molecule has 9 heteroatoms. The lowest BCUT2D eigenvalue weighted by atomic mass is 10.2. The predicted octanol–water partition coefficient (Wildman–Crippen LogP) is 2.82. The van der Waals surface area contributed by atoms with Crippen molar-refractivity contribution in [2.24, 2.45) is 0 Å².